The SMILES string of the molecule is Cc1noc(C)c1CC(C)NC(=O)NNC(=O)Cc1ccc(F)cc1. The van der Waals surface area contributed by atoms with Crippen LogP contribution in [0.25, 0.3) is 0 Å². The third-order valence-electron chi connectivity index (χ3n) is 3.66. The highest BCUT2D eigenvalue weighted by Gasteiger charge is 2.15. The van der Waals surface area contributed by atoms with E-state index in [1.54, 1.807) is 0 Å². The molecule has 0 saturated heterocycles. The van der Waals surface area contributed by atoms with Gasteiger partial charge in [-0.15, -0.1) is 0 Å². The molecular formula is C17H21FN4O3. The summed E-state index contributed by atoms with van der Waals surface area (Å²) in [6.07, 6.45) is 0.604. The third kappa shape index (κ3) is 5.59. The second-order valence-electron chi connectivity index (χ2n) is 5.86. The Labute approximate surface area is 144 Å². The summed E-state index contributed by atoms with van der Waals surface area (Å²) in [5, 5.41) is 6.58. The Morgan fingerprint density at radius 3 is 2.48 bits per heavy atom. The molecule has 2 aromatic rings. The minimum absolute atomic E-state index is 0.0369. The first kappa shape index (κ1) is 18.4. The van der Waals surface area contributed by atoms with E-state index < -0.39 is 11.9 Å². The molecular weight excluding hydrogens is 327 g/mol. The van der Waals surface area contributed by atoms with E-state index in [-0.39, 0.29) is 18.3 Å². The van der Waals surface area contributed by atoms with E-state index in [2.05, 4.69) is 21.3 Å². The van der Waals surface area contributed by atoms with Gasteiger partial charge in [-0.1, -0.05) is 17.3 Å². The van der Waals surface area contributed by atoms with Gasteiger partial charge in [0.25, 0.3) is 0 Å². The summed E-state index contributed by atoms with van der Waals surface area (Å²) in [7, 11) is 0. The zero-order chi connectivity index (χ0) is 18.4. The number of aromatic nitrogens is 1. The lowest BCUT2D eigenvalue weighted by atomic mass is 10.1. The minimum atomic E-state index is -0.522. The second-order valence-corrected chi connectivity index (χ2v) is 5.86. The molecule has 0 bridgehead atoms. The van der Waals surface area contributed by atoms with Gasteiger partial charge in [-0.2, -0.15) is 0 Å². The Kier molecular flexibility index (Phi) is 6.10. The van der Waals surface area contributed by atoms with Crippen LogP contribution in [-0.2, 0) is 17.6 Å². The van der Waals surface area contributed by atoms with E-state index in [0.29, 0.717) is 12.0 Å². The topological polar surface area (TPSA) is 96.3 Å². The number of rotatable bonds is 5. The third-order valence-corrected chi connectivity index (χ3v) is 3.66. The molecule has 1 unspecified atom stereocenters. The molecule has 2 rings (SSSR count). The van der Waals surface area contributed by atoms with Gasteiger partial charge in [0, 0.05) is 11.6 Å². The Bertz CT molecular complexity index is 723. The summed E-state index contributed by atoms with van der Waals surface area (Å²) in [5.41, 5.74) is 6.99. The van der Waals surface area contributed by atoms with E-state index >= 15 is 0 Å². The lowest BCUT2D eigenvalue weighted by Gasteiger charge is -2.15. The van der Waals surface area contributed by atoms with Crippen LogP contribution < -0.4 is 16.2 Å². The Morgan fingerprint density at radius 2 is 1.88 bits per heavy atom. The minimum Gasteiger partial charge on any atom is -0.361 e. The van der Waals surface area contributed by atoms with Crippen molar-refractivity contribution in [2.75, 3.05) is 0 Å². The van der Waals surface area contributed by atoms with Crippen LogP contribution in [0.1, 0.15) is 29.5 Å². The van der Waals surface area contributed by atoms with Gasteiger partial charge in [0.2, 0.25) is 5.91 Å². The first-order valence-electron chi connectivity index (χ1n) is 7.86. The van der Waals surface area contributed by atoms with Crippen molar-refractivity contribution < 1.29 is 18.5 Å². The average molecular weight is 348 g/mol. The number of nitrogens with one attached hydrogen (secondary N) is 3. The maximum absolute atomic E-state index is 12.8. The van der Waals surface area contributed by atoms with E-state index in [1.165, 1.54) is 24.3 Å². The molecule has 7 nitrogen and oxygen atoms in total. The highest BCUT2D eigenvalue weighted by molar-refractivity contribution is 5.82. The van der Waals surface area contributed by atoms with Crippen molar-refractivity contribution in [3.05, 3.63) is 52.7 Å². The highest BCUT2D eigenvalue weighted by atomic mass is 19.1. The highest BCUT2D eigenvalue weighted by Crippen LogP contribution is 2.14. The van der Waals surface area contributed by atoms with Crippen LogP contribution in [-0.4, -0.2) is 23.1 Å². The number of amides is 3. The van der Waals surface area contributed by atoms with Crippen molar-refractivity contribution in [2.45, 2.75) is 39.7 Å². The van der Waals surface area contributed by atoms with Crippen LogP contribution in [0.3, 0.4) is 0 Å². The van der Waals surface area contributed by atoms with Crippen LogP contribution in [0.4, 0.5) is 9.18 Å². The number of hydrogen-bond acceptors (Lipinski definition) is 4. The van der Waals surface area contributed by atoms with Gasteiger partial charge >= 0.3 is 6.03 Å². The summed E-state index contributed by atoms with van der Waals surface area (Å²) in [6.45, 7) is 5.50. The smallest absolute Gasteiger partial charge is 0.333 e. The summed E-state index contributed by atoms with van der Waals surface area (Å²) >= 11 is 0. The fourth-order valence-corrected chi connectivity index (χ4v) is 2.37. The first-order valence-corrected chi connectivity index (χ1v) is 7.86. The molecule has 25 heavy (non-hydrogen) atoms. The normalized spacial score (nSPS) is 11.7. The maximum Gasteiger partial charge on any atom is 0.333 e. The lowest BCUT2D eigenvalue weighted by molar-refractivity contribution is -0.121. The molecule has 0 fully saturated rings. The summed E-state index contributed by atoms with van der Waals surface area (Å²) in [6, 6.07) is 4.89. The van der Waals surface area contributed by atoms with Crippen molar-refractivity contribution in [1.29, 1.82) is 0 Å². The molecule has 1 heterocycles. The van der Waals surface area contributed by atoms with Gasteiger partial charge in [0.1, 0.15) is 11.6 Å². The molecule has 1 aromatic carbocycles. The number of hydrogen-bond donors (Lipinski definition) is 3. The fraction of sp³-hybridized carbons (Fsp3) is 0.353. The average Bonchev–Trinajstić information content (AvgIpc) is 2.87. The van der Waals surface area contributed by atoms with Crippen molar-refractivity contribution >= 4 is 11.9 Å². The zero-order valence-electron chi connectivity index (χ0n) is 14.4. The number of urea groups is 1. The maximum atomic E-state index is 12.8. The lowest BCUT2D eigenvalue weighted by Crippen LogP contribution is -2.50. The molecule has 0 spiro atoms. The van der Waals surface area contributed by atoms with Gasteiger partial charge in [0.15, 0.2) is 0 Å². The van der Waals surface area contributed by atoms with Crippen molar-refractivity contribution in [2.24, 2.45) is 0 Å². The molecule has 0 saturated carbocycles. The molecule has 1 aromatic heterocycles. The van der Waals surface area contributed by atoms with Gasteiger partial charge in [0.05, 0.1) is 12.1 Å². The van der Waals surface area contributed by atoms with Gasteiger partial charge in [-0.05, 0) is 44.9 Å². The number of halogens is 1. The summed E-state index contributed by atoms with van der Waals surface area (Å²) in [4.78, 5) is 23.6. The number of benzene rings is 1. The number of carbonyl (C=O) groups is 2. The molecule has 0 aliphatic heterocycles. The van der Waals surface area contributed by atoms with Crippen molar-refractivity contribution in [1.82, 2.24) is 21.3 Å². The van der Waals surface area contributed by atoms with Crippen LogP contribution >= 0.6 is 0 Å². The largest absolute Gasteiger partial charge is 0.361 e. The molecule has 134 valence electrons. The number of aryl methyl sites for hydroxylation is 2. The number of carbonyl (C=O) groups excluding carboxylic acids is 2. The van der Waals surface area contributed by atoms with Gasteiger partial charge < -0.3 is 9.84 Å². The van der Waals surface area contributed by atoms with Crippen LogP contribution in [0.2, 0.25) is 0 Å². The van der Waals surface area contributed by atoms with E-state index in [1.807, 2.05) is 20.8 Å². The Hall–Kier alpha value is -2.90. The van der Waals surface area contributed by atoms with Gasteiger partial charge in [-0.25, -0.2) is 14.6 Å². The molecule has 0 aliphatic carbocycles. The van der Waals surface area contributed by atoms with Crippen LogP contribution in [0, 0.1) is 19.7 Å². The number of hydrazine groups is 1. The van der Waals surface area contributed by atoms with E-state index in [9.17, 15) is 14.0 Å². The second kappa shape index (κ2) is 8.27. The Morgan fingerprint density at radius 1 is 1.20 bits per heavy atom. The molecule has 3 amide bonds. The van der Waals surface area contributed by atoms with Crippen molar-refractivity contribution in [3.8, 4) is 0 Å². The zero-order valence-corrected chi connectivity index (χ0v) is 14.4. The van der Waals surface area contributed by atoms with Crippen LogP contribution in [0.5, 0.6) is 0 Å². The molecule has 3 N–H and O–H groups in total. The Balaban J connectivity index is 1.74. The number of nitrogens with zero attached hydrogens (tertiary/aromatic N) is 1. The standard InChI is InChI=1S/C17H21FN4O3/c1-10(8-15-11(2)22-25-12(15)3)19-17(24)21-20-16(23)9-13-4-6-14(18)7-5-13/h4-7,10H,8-9H2,1-3H3,(H,20,23)(H2,19,21,24). The summed E-state index contributed by atoms with van der Waals surface area (Å²) < 4.78 is 17.9. The fourth-order valence-electron chi connectivity index (χ4n) is 2.37. The predicted octanol–water partition coefficient (Wildman–Crippen LogP) is 1.93. The summed E-state index contributed by atoms with van der Waals surface area (Å²) in [5.74, 6) is -0.0479. The molecule has 8 heteroatoms. The van der Waals surface area contributed by atoms with Gasteiger partial charge in [-0.3, -0.25) is 10.2 Å². The van der Waals surface area contributed by atoms with Crippen LogP contribution in [0.15, 0.2) is 28.8 Å². The monoisotopic (exact) mass is 348 g/mol. The molecule has 0 radical (unpaired) electrons. The van der Waals surface area contributed by atoms with Crippen molar-refractivity contribution in [3.63, 3.8) is 0 Å². The quantitative estimate of drug-likeness (QED) is 0.720. The van der Waals surface area contributed by atoms with E-state index in [4.69, 9.17) is 4.52 Å². The molecule has 0 aliphatic rings. The van der Waals surface area contributed by atoms with E-state index in [0.717, 1.165) is 17.0 Å². The predicted molar refractivity (Wildman–Crippen MR) is 89.1 cm³/mol. The molecule has 1 atom stereocenters. The first-order chi connectivity index (χ1) is 11.8.